The van der Waals surface area contributed by atoms with E-state index >= 15 is 0 Å². The van der Waals surface area contributed by atoms with E-state index in [-0.39, 0.29) is 23.7 Å². The number of amides is 1. The van der Waals surface area contributed by atoms with Crippen LogP contribution in [0, 0.1) is 17.8 Å². The third-order valence-corrected chi connectivity index (χ3v) is 6.58. The number of carbonyl (C=O) groups is 2. The summed E-state index contributed by atoms with van der Waals surface area (Å²) in [5.74, 6) is 2.95. The van der Waals surface area contributed by atoms with Gasteiger partial charge in [-0.25, -0.2) is 0 Å². The molecule has 0 aliphatic heterocycles. The molecule has 0 saturated heterocycles. The fraction of sp³-hybridized carbons (Fsp3) is 0.647. The second kappa shape index (κ2) is 7.64. The van der Waals surface area contributed by atoms with Gasteiger partial charge in [-0.2, -0.15) is 23.1 Å². The number of hydrogen-bond acceptors (Lipinski definition) is 4. The second-order valence-electron chi connectivity index (χ2n) is 6.37. The third kappa shape index (κ3) is 3.93. The first kappa shape index (κ1) is 16.1. The number of rotatable bonds is 6. The summed E-state index contributed by atoms with van der Waals surface area (Å²) in [6.45, 7) is 0.730. The van der Waals surface area contributed by atoms with E-state index in [0.29, 0.717) is 5.78 Å². The Morgan fingerprint density at radius 3 is 2.77 bits per heavy atom. The average molecular weight is 338 g/mol. The molecule has 0 aromatic carbocycles. The molecule has 2 bridgehead atoms. The molecule has 1 heterocycles. The van der Waals surface area contributed by atoms with Gasteiger partial charge in [-0.3, -0.25) is 9.59 Å². The molecule has 22 heavy (non-hydrogen) atoms. The van der Waals surface area contributed by atoms with Gasteiger partial charge in [-0.05, 0) is 48.1 Å². The second-order valence-corrected chi connectivity index (χ2v) is 8.26. The van der Waals surface area contributed by atoms with E-state index in [1.165, 1.54) is 5.56 Å². The molecule has 3 nitrogen and oxygen atoms in total. The first-order valence-electron chi connectivity index (χ1n) is 8.14. The largest absolute Gasteiger partial charge is 0.355 e. The number of fused-ring (bicyclic) bond motifs is 2. The van der Waals surface area contributed by atoms with E-state index in [1.807, 2.05) is 11.8 Å². The Morgan fingerprint density at radius 2 is 2.09 bits per heavy atom. The van der Waals surface area contributed by atoms with Crippen LogP contribution in [-0.4, -0.2) is 24.0 Å². The van der Waals surface area contributed by atoms with Crippen molar-refractivity contribution in [2.45, 2.75) is 37.9 Å². The lowest BCUT2D eigenvalue weighted by Crippen LogP contribution is -2.43. The number of Topliss-reactive ketones (excluding diaryl/α,β-unsaturated/α-hetero) is 1. The van der Waals surface area contributed by atoms with Gasteiger partial charge in [0, 0.05) is 35.8 Å². The Hall–Kier alpha value is -0.810. The molecule has 1 aromatic rings. The van der Waals surface area contributed by atoms with Crippen LogP contribution >= 0.6 is 23.1 Å². The van der Waals surface area contributed by atoms with E-state index < -0.39 is 0 Å². The molecular weight excluding hydrogens is 314 g/mol. The van der Waals surface area contributed by atoms with Crippen LogP contribution < -0.4 is 5.32 Å². The first-order chi connectivity index (χ1) is 10.7. The fourth-order valence-corrected chi connectivity index (χ4v) is 5.23. The number of thioether (sulfide) groups is 1. The summed E-state index contributed by atoms with van der Waals surface area (Å²) in [6.07, 6.45) is 4.71. The van der Waals surface area contributed by atoms with Gasteiger partial charge in [0.15, 0.2) is 0 Å². The highest BCUT2D eigenvalue weighted by molar-refractivity contribution is 7.98. The molecule has 0 radical (unpaired) electrons. The zero-order chi connectivity index (χ0) is 15.4. The molecule has 0 spiro atoms. The fourth-order valence-electron chi connectivity index (χ4n) is 3.65. The molecule has 5 heteroatoms. The standard InChI is InChI=1S/C17H23NO2S2/c19-16-13-2-1-3-14(16)9-15(8-13)17(20)18-5-7-22-11-12-4-6-21-10-12/h4,6,10,13-15H,1-3,5,7-9,11H2,(H,18,20). The van der Waals surface area contributed by atoms with Crippen LogP contribution in [0.2, 0.25) is 0 Å². The van der Waals surface area contributed by atoms with Gasteiger partial charge in [0.1, 0.15) is 5.78 Å². The average Bonchev–Trinajstić information content (AvgIpc) is 2.99. The maximum absolute atomic E-state index is 12.3. The number of carbonyl (C=O) groups excluding carboxylic acids is 2. The minimum absolute atomic E-state index is 0.0647. The summed E-state index contributed by atoms with van der Waals surface area (Å²) in [5, 5.41) is 7.33. The van der Waals surface area contributed by atoms with E-state index in [1.54, 1.807) is 11.3 Å². The van der Waals surface area contributed by atoms with Gasteiger partial charge >= 0.3 is 0 Å². The van der Waals surface area contributed by atoms with E-state index in [0.717, 1.165) is 50.2 Å². The summed E-state index contributed by atoms with van der Waals surface area (Å²) in [5.41, 5.74) is 1.36. The highest BCUT2D eigenvalue weighted by Gasteiger charge is 2.41. The van der Waals surface area contributed by atoms with Crippen molar-refractivity contribution in [1.29, 1.82) is 0 Å². The molecule has 2 saturated carbocycles. The van der Waals surface area contributed by atoms with Gasteiger partial charge in [0.2, 0.25) is 5.91 Å². The Kier molecular flexibility index (Phi) is 5.58. The topological polar surface area (TPSA) is 46.2 Å². The van der Waals surface area contributed by atoms with Crippen molar-refractivity contribution in [3.8, 4) is 0 Å². The van der Waals surface area contributed by atoms with Crippen LogP contribution in [0.5, 0.6) is 0 Å². The van der Waals surface area contributed by atoms with Crippen molar-refractivity contribution in [3.05, 3.63) is 22.4 Å². The molecule has 120 valence electrons. The normalized spacial score (nSPS) is 27.6. The van der Waals surface area contributed by atoms with Crippen molar-refractivity contribution >= 4 is 34.8 Å². The van der Waals surface area contributed by atoms with Gasteiger partial charge < -0.3 is 5.32 Å². The van der Waals surface area contributed by atoms with Crippen molar-refractivity contribution in [1.82, 2.24) is 5.32 Å². The molecule has 2 aliphatic carbocycles. The SMILES string of the molecule is O=C(NCCSCc1ccsc1)C1CC2CCCC(C1)C2=O. The summed E-state index contributed by atoms with van der Waals surface area (Å²) in [6, 6.07) is 2.15. The van der Waals surface area contributed by atoms with Crippen molar-refractivity contribution in [3.63, 3.8) is 0 Å². The molecule has 2 atom stereocenters. The van der Waals surface area contributed by atoms with E-state index in [4.69, 9.17) is 0 Å². The molecule has 1 N–H and O–H groups in total. The van der Waals surface area contributed by atoms with Gasteiger partial charge in [0.05, 0.1) is 0 Å². The van der Waals surface area contributed by atoms with Crippen LogP contribution in [-0.2, 0) is 15.3 Å². The summed E-state index contributed by atoms with van der Waals surface area (Å²) >= 11 is 3.58. The Morgan fingerprint density at radius 1 is 1.32 bits per heavy atom. The zero-order valence-corrected chi connectivity index (χ0v) is 14.4. The molecule has 1 aromatic heterocycles. The minimum Gasteiger partial charge on any atom is -0.355 e. The summed E-state index contributed by atoms with van der Waals surface area (Å²) in [4.78, 5) is 24.4. The van der Waals surface area contributed by atoms with Crippen LogP contribution in [0.3, 0.4) is 0 Å². The highest BCUT2D eigenvalue weighted by atomic mass is 32.2. The van der Waals surface area contributed by atoms with Gasteiger partial charge in [-0.1, -0.05) is 6.42 Å². The Labute approximate surface area is 140 Å². The van der Waals surface area contributed by atoms with Gasteiger partial charge in [0.25, 0.3) is 0 Å². The van der Waals surface area contributed by atoms with Crippen molar-refractivity contribution < 1.29 is 9.59 Å². The lowest BCUT2D eigenvalue weighted by Gasteiger charge is -2.36. The Bertz CT molecular complexity index is 499. The van der Waals surface area contributed by atoms with Crippen LogP contribution in [0.4, 0.5) is 0 Å². The molecule has 2 unspecified atom stereocenters. The van der Waals surface area contributed by atoms with Gasteiger partial charge in [-0.15, -0.1) is 0 Å². The molecular formula is C17H23NO2S2. The maximum atomic E-state index is 12.3. The number of ketones is 1. The first-order valence-corrected chi connectivity index (χ1v) is 10.2. The van der Waals surface area contributed by atoms with Crippen molar-refractivity contribution in [2.75, 3.05) is 12.3 Å². The zero-order valence-electron chi connectivity index (χ0n) is 12.8. The molecule has 2 fully saturated rings. The maximum Gasteiger partial charge on any atom is 0.223 e. The van der Waals surface area contributed by atoms with Crippen LogP contribution in [0.1, 0.15) is 37.7 Å². The molecule has 3 rings (SSSR count). The quantitative estimate of drug-likeness (QED) is 0.808. The smallest absolute Gasteiger partial charge is 0.223 e. The lowest BCUT2D eigenvalue weighted by molar-refractivity contribution is -0.137. The molecule has 1 amide bonds. The number of thiophene rings is 1. The van der Waals surface area contributed by atoms with Crippen LogP contribution in [0.15, 0.2) is 16.8 Å². The number of hydrogen-bond donors (Lipinski definition) is 1. The summed E-state index contributed by atoms with van der Waals surface area (Å²) < 4.78 is 0. The van der Waals surface area contributed by atoms with E-state index in [2.05, 4.69) is 22.1 Å². The Balaban J connectivity index is 1.36. The van der Waals surface area contributed by atoms with E-state index in [9.17, 15) is 9.59 Å². The summed E-state index contributed by atoms with van der Waals surface area (Å²) in [7, 11) is 0. The number of nitrogens with one attached hydrogen (secondary N) is 1. The minimum atomic E-state index is 0.0647. The third-order valence-electron chi connectivity index (χ3n) is 4.81. The monoisotopic (exact) mass is 337 g/mol. The molecule has 2 aliphatic rings. The lowest BCUT2D eigenvalue weighted by atomic mass is 9.67. The highest BCUT2D eigenvalue weighted by Crippen LogP contribution is 2.40. The predicted octanol–water partition coefficient (Wildman–Crippen LogP) is 3.49. The van der Waals surface area contributed by atoms with Crippen LogP contribution in [0.25, 0.3) is 0 Å². The predicted molar refractivity (Wildman–Crippen MR) is 92.1 cm³/mol. The van der Waals surface area contributed by atoms with Crippen molar-refractivity contribution in [2.24, 2.45) is 17.8 Å².